The Labute approximate surface area is 180 Å². The molecule has 4 rings (SSSR count). The van der Waals surface area contributed by atoms with Crippen LogP contribution in [0.3, 0.4) is 0 Å². The van der Waals surface area contributed by atoms with Gasteiger partial charge in [0.15, 0.2) is 0 Å². The minimum atomic E-state index is -3.30. The van der Waals surface area contributed by atoms with E-state index in [1.165, 1.54) is 10.6 Å². The van der Waals surface area contributed by atoms with Gasteiger partial charge in [0.05, 0.1) is 22.5 Å². The molecule has 1 N–H and O–H groups in total. The molecule has 3 heterocycles. The molecule has 0 saturated heterocycles. The van der Waals surface area contributed by atoms with Crippen molar-refractivity contribution in [2.45, 2.75) is 26.7 Å². The van der Waals surface area contributed by atoms with Crippen molar-refractivity contribution in [3.63, 3.8) is 0 Å². The van der Waals surface area contributed by atoms with Crippen molar-refractivity contribution in [2.24, 2.45) is 0 Å². The average Bonchev–Trinajstić information content (AvgIpc) is 3.40. The van der Waals surface area contributed by atoms with Crippen molar-refractivity contribution in [2.75, 3.05) is 11.0 Å². The maximum Gasteiger partial charge on any atom is 0.229 e. The van der Waals surface area contributed by atoms with Crippen molar-refractivity contribution in [3.8, 4) is 21.9 Å². The van der Waals surface area contributed by atoms with Gasteiger partial charge in [-0.1, -0.05) is 13.3 Å². The van der Waals surface area contributed by atoms with Crippen molar-refractivity contribution in [1.82, 2.24) is 14.1 Å². The molecule has 0 bridgehead atoms. The molecule has 0 spiro atoms. The van der Waals surface area contributed by atoms with Gasteiger partial charge in [0.1, 0.15) is 5.82 Å². The lowest BCUT2D eigenvalue weighted by atomic mass is 10.2. The Kier molecular flexibility index (Phi) is 5.53. The first-order valence-corrected chi connectivity index (χ1v) is 12.5. The van der Waals surface area contributed by atoms with Gasteiger partial charge in [-0.3, -0.25) is 4.72 Å². The van der Waals surface area contributed by atoms with Gasteiger partial charge in [0.25, 0.3) is 0 Å². The summed E-state index contributed by atoms with van der Waals surface area (Å²) in [6.07, 6.45) is 6.93. The molecule has 0 fully saturated rings. The van der Waals surface area contributed by atoms with E-state index in [-0.39, 0.29) is 0 Å². The predicted molar refractivity (Wildman–Crippen MR) is 123 cm³/mol. The summed E-state index contributed by atoms with van der Waals surface area (Å²) in [6, 6.07) is 14.0. The number of hydrogen-bond acceptors (Lipinski definition) is 4. The number of aryl methyl sites for hydroxylation is 2. The largest absolute Gasteiger partial charge is 0.313 e. The van der Waals surface area contributed by atoms with E-state index in [1.54, 1.807) is 29.7 Å². The van der Waals surface area contributed by atoms with Gasteiger partial charge >= 0.3 is 0 Å². The van der Waals surface area contributed by atoms with Gasteiger partial charge in [0, 0.05) is 34.8 Å². The zero-order valence-electron chi connectivity index (χ0n) is 17.2. The number of rotatable bonds is 7. The van der Waals surface area contributed by atoms with E-state index >= 15 is 0 Å². The highest BCUT2D eigenvalue weighted by Crippen LogP contribution is 2.33. The molecule has 0 radical (unpaired) electrons. The zero-order valence-corrected chi connectivity index (χ0v) is 18.8. The average molecular weight is 441 g/mol. The predicted octanol–water partition coefficient (Wildman–Crippen LogP) is 5.02. The highest BCUT2D eigenvalue weighted by atomic mass is 32.2. The third-order valence-corrected chi connectivity index (χ3v) is 6.39. The van der Waals surface area contributed by atoms with Gasteiger partial charge in [-0.25, -0.2) is 13.4 Å². The Hall–Kier alpha value is -2.84. The number of nitrogens with zero attached hydrogens (tertiary/aromatic N) is 3. The standard InChI is InChI=1S/C22H24N4O2S2/c1-4-5-18-10-11-21(22-14-20(15-29-22)25-13-12-23-16(25)2)26(18)19-8-6-17(7-9-19)24-30(3,27)28/h6-15,24H,4-5H2,1-3H3. The van der Waals surface area contributed by atoms with Crippen LogP contribution in [0.4, 0.5) is 5.69 Å². The Morgan fingerprint density at radius 2 is 1.87 bits per heavy atom. The number of benzene rings is 1. The quantitative estimate of drug-likeness (QED) is 0.438. The van der Waals surface area contributed by atoms with Crippen LogP contribution in [0.2, 0.25) is 0 Å². The van der Waals surface area contributed by atoms with E-state index in [0.717, 1.165) is 42.0 Å². The third-order valence-electron chi connectivity index (χ3n) is 4.84. The maximum absolute atomic E-state index is 11.5. The zero-order chi connectivity index (χ0) is 21.3. The summed E-state index contributed by atoms with van der Waals surface area (Å²) in [6.45, 7) is 4.16. The van der Waals surface area contributed by atoms with E-state index in [0.29, 0.717) is 5.69 Å². The molecule has 0 amide bonds. The lowest BCUT2D eigenvalue weighted by Crippen LogP contribution is -2.09. The molecule has 1 aromatic carbocycles. The normalized spacial score (nSPS) is 11.7. The number of imidazole rings is 1. The number of hydrogen-bond donors (Lipinski definition) is 1. The summed E-state index contributed by atoms with van der Waals surface area (Å²) in [7, 11) is -3.30. The fraction of sp³-hybridized carbons (Fsp3) is 0.227. The SMILES string of the molecule is CCCc1ccc(-c2cc(-n3ccnc3C)cs2)n1-c1ccc(NS(C)(=O)=O)cc1. The van der Waals surface area contributed by atoms with Crippen LogP contribution >= 0.6 is 11.3 Å². The molecular weight excluding hydrogens is 416 g/mol. The highest BCUT2D eigenvalue weighted by Gasteiger charge is 2.15. The second-order valence-corrected chi connectivity index (χ2v) is 9.89. The molecule has 0 aliphatic carbocycles. The molecule has 0 saturated carbocycles. The van der Waals surface area contributed by atoms with Crippen LogP contribution in [0.5, 0.6) is 0 Å². The van der Waals surface area contributed by atoms with Crippen LogP contribution in [0.15, 0.2) is 60.2 Å². The first kappa shape index (κ1) is 20.4. The topological polar surface area (TPSA) is 68.9 Å². The molecular formula is C22H24N4O2S2. The Bertz CT molecular complexity index is 1260. The second-order valence-electron chi connectivity index (χ2n) is 7.23. The number of anilines is 1. The molecule has 4 aromatic rings. The number of sulfonamides is 1. The molecule has 0 atom stereocenters. The van der Waals surface area contributed by atoms with Crippen LogP contribution in [0.1, 0.15) is 24.9 Å². The first-order chi connectivity index (χ1) is 14.4. The highest BCUT2D eigenvalue weighted by molar-refractivity contribution is 7.92. The summed E-state index contributed by atoms with van der Waals surface area (Å²) >= 11 is 1.70. The van der Waals surface area contributed by atoms with Gasteiger partial charge in [-0.15, -0.1) is 11.3 Å². The fourth-order valence-electron chi connectivity index (χ4n) is 3.56. The summed E-state index contributed by atoms with van der Waals surface area (Å²) in [5.41, 5.74) is 5.01. The molecule has 0 aliphatic heterocycles. The number of thiophene rings is 1. The van der Waals surface area contributed by atoms with Crippen molar-refractivity contribution >= 4 is 27.0 Å². The van der Waals surface area contributed by atoms with Crippen LogP contribution in [0, 0.1) is 6.92 Å². The van der Waals surface area contributed by atoms with Crippen LogP contribution in [-0.2, 0) is 16.4 Å². The lowest BCUT2D eigenvalue weighted by Gasteiger charge is -2.14. The van der Waals surface area contributed by atoms with E-state index in [9.17, 15) is 8.42 Å². The van der Waals surface area contributed by atoms with Gasteiger partial charge in [0.2, 0.25) is 10.0 Å². The second kappa shape index (κ2) is 8.12. The van der Waals surface area contributed by atoms with Crippen LogP contribution < -0.4 is 4.72 Å². The van der Waals surface area contributed by atoms with E-state index in [4.69, 9.17) is 0 Å². The number of nitrogens with one attached hydrogen (secondary N) is 1. The van der Waals surface area contributed by atoms with Crippen molar-refractivity contribution in [3.05, 3.63) is 71.8 Å². The number of aromatic nitrogens is 3. The molecule has 30 heavy (non-hydrogen) atoms. The smallest absolute Gasteiger partial charge is 0.229 e. The molecule has 0 unspecified atom stereocenters. The molecule has 6 nitrogen and oxygen atoms in total. The molecule has 8 heteroatoms. The summed E-state index contributed by atoms with van der Waals surface area (Å²) in [5.74, 6) is 0.954. The van der Waals surface area contributed by atoms with E-state index in [2.05, 4.69) is 49.3 Å². The minimum Gasteiger partial charge on any atom is -0.313 e. The van der Waals surface area contributed by atoms with Gasteiger partial charge in [-0.2, -0.15) is 0 Å². The summed E-state index contributed by atoms with van der Waals surface area (Å²) in [5, 5.41) is 2.14. The van der Waals surface area contributed by atoms with Crippen molar-refractivity contribution in [1.29, 1.82) is 0 Å². The lowest BCUT2D eigenvalue weighted by molar-refractivity contribution is 0.607. The maximum atomic E-state index is 11.5. The van der Waals surface area contributed by atoms with E-state index in [1.807, 2.05) is 25.3 Å². The van der Waals surface area contributed by atoms with Crippen LogP contribution in [0.25, 0.3) is 21.9 Å². The van der Waals surface area contributed by atoms with Gasteiger partial charge in [-0.05, 0) is 55.8 Å². The summed E-state index contributed by atoms with van der Waals surface area (Å²) in [4.78, 5) is 5.48. The molecule has 0 aliphatic rings. The Morgan fingerprint density at radius 3 is 2.50 bits per heavy atom. The molecule has 3 aromatic heterocycles. The first-order valence-electron chi connectivity index (χ1n) is 9.74. The van der Waals surface area contributed by atoms with Crippen molar-refractivity contribution < 1.29 is 8.42 Å². The van der Waals surface area contributed by atoms with Crippen LogP contribution in [-0.4, -0.2) is 28.8 Å². The third kappa shape index (κ3) is 4.20. The summed E-state index contributed by atoms with van der Waals surface area (Å²) < 4.78 is 29.8. The Morgan fingerprint density at radius 1 is 1.10 bits per heavy atom. The fourth-order valence-corrected chi connectivity index (χ4v) is 5.02. The Balaban J connectivity index is 1.75. The molecule has 156 valence electrons. The van der Waals surface area contributed by atoms with E-state index < -0.39 is 10.0 Å². The monoisotopic (exact) mass is 440 g/mol. The van der Waals surface area contributed by atoms with Gasteiger partial charge < -0.3 is 9.13 Å². The minimum absolute atomic E-state index is 0.556.